The van der Waals surface area contributed by atoms with Crippen molar-refractivity contribution in [2.45, 2.75) is 45.8 Å². The molecular formula is C24H33BrN4O4S. The molecule has 2 amide bonds. The van der Waals surface area contributed by atoms with Crippen LogP contribution in [0.1, 0.15) is 32.8 Å². The maximum absolute atomic E-state index is 13.6. The molecule has 0 aliphatic heterocycles. The van der Waals surface area contributed by atoms with Gasteiger partial charge in [0, 0.05) is 31.2 Å². The van der Waals surface area contributed by atoms with Crippen LogP contribution in [0.3, 0.4) is 0 Å². The molecule has 0 saturated carbocycles. The number of amides is 2. The van der Waals surface area contributed by atoms with Crippen LogP contribution in [0.4, 0.5) is 5.69 Å². The molecule has 0 fully saturated rings. The highest BCUT2D eigenvalue weighted by Gasteiger charge is 2.32. The second-order valence-electron chi connectivity index (χ2n) is 8.28. The molecule has 8 nitrogen and oxygen atoms in total. The van der Waals surface area contributed by atoms with E-state index in [1.165, 1.54) is 19.0 Å². The summed E-state index contributed by atoms with van der Waals surface area (Å²) in [6, 6.07) is 15.0. The second kappa shape index (κ2) is 12.3. The molecule has 186 valence electrons. The molecule has 0 aromatic heterocycles. The number of halogens is 1. The van der Waals surface area contributed by atoms with E-state index in [4.69, 9.17) is 0 Å². The summed E-state index contributed by atoms with van der Waals surface area (Å²) in [6.07, 6.45) is 0.751. The van der Waals surface area contributed by atoms with Gasteiger partial charge in [-0.1, -0.05) is 53.2 Å². The van der Waals surface area contributed by atoms with E-state index in [1.54, 1.807) is 37.3 Å². The van der Waals surface area contributed by atoms with Gasteiger partial charge in [-0.05, 0) is 50.1 Å². The average molecular weight is 554 g/mol. The van der Waals surface area contributed by atoms with Crippen molar-refractivity contribution in [1.29, 1.82) is 0 Å². The van der Waals surface area contributed by atoms with Crippen LogP contribution in [-0.2, 0) is 26.3 Å². The van der Waals surface area contributed by atoms with E-state index in [2.05, 4.69) is 21.2 Å². The molecule has 2 aromatic rings. The van der Waals surface area contributed by atoms with Crippen molar-refractivity contribution >= 4 is 43.6 Å². The van der Waals surface area contributed by atoms with Crippen molar-refractivity contribution < 1.29 is 18.0 Å². The summed E-state index contributed by atoms with van der Waals surface area (Å²) >= 11 is 3.43. The summed E-state index contributed by atoms with van der Waals surface area (Å²) in [6.45, 7) is 5.22. The lowest BCUT2D eigenvalue weighted by Gasteiger charge is -2.33. The summed E-state index contributed by atoms with van der Waals surface area (Å²) < 4.78 is 29.1. The summed E-state index contributed by atoms with van der Waals surface area (Å²) in [5, 5.41) is 2.91. The number of hydrogen-bond acceptors (Lipinski definition) is 4. The average Bonchev–Trinajstić information content (AvgIpc) is 2.80. The van der Waals surface area contributed by atoms with Gasteiger partial charge < -0.3 is 10.2 Å². The van der Waals surface area contributed by atoms with Gasteiger partial charge in [0.2, 0.25) is 11.8 Å². The van der Waals surface area contributed by atoms with Crippen LogP contribution in [-0.4, -0.2) is 62.2 Å². The first-order chi connectivity index (χ1) is 16.0. The molecule has 0 saturated heterocycles. The van der Waals surface area contributed by atoms with E-state index in [9.17, 15) is 18.0 Å². The van der Waals surface area contributed by atoms with Crippen LogP contribution >= 0.6 is 15.9 Å². The highest BCUT2D eigenvalue weighted by atomic mass is 79.9. The Balaban J connectivity index is 2.42. The molecule has 34 heavy (non-hydrogen) atoms. The molecule has 0 unspecified atom stereocenters. The number of hydrogen-bond donors (Lipinski definition) is 1. The third kappa shape index (κ3) is 7.28. The van der Waals surface area contributed by atoms with Gasteiger partial charge in [-0.3, -0.25) is 9.59 Å². The number of rotatable bonds is 11. The first kappa shape index (κ1) is 27.8. The van der Waals surface area contributed by atoms with Gasteiger partial charge in [0.15, 0.2) is 0 Å². The fraction of sp³-hybridized carbons (Fsp3) is 0.417. The van der Waals surface area contributed by atoms with Gasteiger partial charge in [0.1, 0.15) is 12.6 Å². The van der Waals surface area contributed by atoms with Crippen LogP contribution < -0.4 is 9.62 Å². The van der Waals surface area contributed by atoms with Crippen LogP contribution in [0.2, 0.25) is 0 Å². The number of carbonyl (C=O) groups is 2. The van der Waals surface area contributed by atoms with Crippen LogP contribution in [0.25, 0.3) is 0 Å². The van der Waals surface area contributed by atoms with E-state index in [0.29, 0.717) is 5.69 Å². The van der Waals surface area contributed by atoms with Gasteiger partial charge in [-0.25, -0.2) is 4.31 Å². The lowest BCUT2D eigenvalue weighted by molar-refractivity contribution is -0.139. The molecule has 2 aromatic carbocycles. The Morgan fingerprint density at radius 1 is 1.03 bits per heavy atom. The van der Waals surface area contributed by atoms with Gasteiger partial charge in [0.25, 0.3) is 0 Å². The molecule has 2 atom stereocenters. The van der Waals surface area contributed by atoms with Crippen molar-refractivity contribution in [3.63, 3.8) is 0 Å². The number of carbonyl (C=O) groups excluding carboxylic acids is 2. The molecule has 0 bridgehead atoms. The first-order valence-corrected chi connectivity index (χ1v) is 13.3. The van der Waals surface area contributed by atoms with E-state index in [1.807, 2.05) is 38.1 Å². The minimum Gasteiger partial charge on any atom is -0.352 e. The van der Waals surface area contributed by atoms with Crippen molar-refractivity contribution in [2.24, 2.45) is 0 Å². The lowest BCUT2D eigenvalue weighted by atomic mass is 10.1. The summed E-state index contributed by atoms with van der Waals surface area (Å²) in [4.78, 5) is 27.9. The first-order valence-electron chi connectivity index (χ1n) is 11.1. The van der Waals surface area contributed by atoms with E-state index < -0.39 is 28.7 Å². The predicted molar refractivity (Wildman–Crippen MR) is 138 cm³/mol. The van der Waals surface area contributed by atoms with Crippen LogP contribution in [0, 0.1) is 0 Å². The highest BCUT2D eigenvalue weighted by Crippen LogP contribution is 2.21. The third-order valence-corrected chi connectivity index (χ3v) is 7.79. The Hall–Kier alpha value is -2.43. The number of para-hydroxylation sites is 1. The normalized spacial score (nSPS) is 13.3. The maximum Gasteiger partial charge on any atom is 0.304 e. The molecule has 0 heterocycles. The largest absolute Gasteiger partial charge is 0.352 e. The topological polar surface area (TPSA) is 90.0 Å². The van der Waals surface area contributed by atoms with Crippen molar-refractivity contribution in [2.75, 3.05) is 24.9 Å². The molecular weight excluding hydrogens is 520 g/mol. The quantitative estimate of drug-likeness (QED) is 0.462. The van der Waals surface area contributed by atoms with Gasteiger partial charge >= 0.3 is 10.2 Å². The van der Waals surface area contributed by atoms with Crippen molar-refractivity contribution in [3.05, 3.63) is 64.6 Å². The number of nitrogens with one attached hydrogen (secondary N) is 1. The van der Waals surface area contributed by atoms with E-state index >= 15 is 0 Å². The molecule has 0 spiro atoms. The molecule has 1 N–H and O–H groups in total. The molecule has 0 aliphatic rings. The van der Waals surface area contributed by atoms with Crippen LogP contribution in [0.5, 0.6) is 0 Å². The Morgan fingerprint density at radius 2 is 1.68 bits per heavy atom. The molecule has 0 aliphatic carbocycles. The second-order valence-corrected chi connectivity index (χ2v) is 11.3. The Bertz CT molecular complexity index is 1080. The lowest BCUT2D eigenvalue weighted by Crippen LogP contribution is -2.53. The monoisotopic (exact) mass is 552 g/mol. The standard InChI is InChI=1S/C24H33BrN4O4S/c1-6-18(2)26-24(31)19(3)28(16-20-11-10-12-21(25)15-20)23(30)17-29(34(32,33)27(4)5)22-13-8-7-9-14-22/h7-15,18-19H,6,16-17H2,1-5H3,(H,26,31)/t18-,19+/m0/s1. The van der Waals surface area contributed by atoms with Crippen molar-refractivity contribution in [3.8, 4) is 0 Å². The fourth-order valence-electron chi connectivity index (χ4n) is 3.19. The Labute approximate surface area is 211 Å². The zero-order chi connectivity index (χ0) is 25.5. The maximum atomic E-state index is 13.6. The predicted octanol–water partition coefficient (Wildman–Crippen LogP) is 3.39. The number of anilines is 1. The van der Waals surface area contributed by atoms with Crippen LogP contribution in [0.15, 0.2) is 59.1 Å². The van der Waals surface area contributed by atoms with Crippen molar-refractivity contribution in [1.82, 2.24) is 14.5 Å². The molecule has 2 rings (SSSR count). The third-order valence-electron chi connectivity index (χ3n) is 5.47. The zero-order valence-corrected chi connectivity index (χ0v) is 22.6. The SMILES string of the molecule is CC[C@H](C)NC(=O)[C@@H](C)N(Cc1cccc(Br)c1)C(=O)CN(c1ccccc1)S(=O)(=O)N(C)C. The minimum absolute atomic E-state index is 0.0484. The minimum atomic E-state index is -3.96. The van der Waals surface area contributed by atoms with E-state index in [-0.39, 0.29) is 18.5 Å². The number of nitrogens with zero attached hydrogens (tertiary/aromatic N) is 3. The summed E-state index contributed by atoms with van der Waals surface area (Å²) in [5.41, 5.74) is 1.18. The number of benzene rings is 2. The zero-order valence-electron chi connectivity index (χ0n) is 20.2. The Kier molecular flexibility index (Phi) is 10.1. The molecule has 10 heteroatoms. The van der Waals surface area contributed by atoms with E-state index in [0.717, 1.165) is 25.1 Å². The summed E-state index contributed by atoms with van der Waals surface area (Å²) in [5.74, 6) is -0.777. The Morgan fingerprint density at radius 3 is 2.24 bits per heavy atom. The summed E-state index contributed by atoms with van der Waals surface area (Å²) in [7, 11) is -1.13. The van der Waals surface area contributed by atoms with Gasteiger partial charge in [-0.2, -0.15) is 12.7 Å². The smallest absolute Gasteiger partial charge is 0.304 e. The van der Waals surface area contributed by atoms with Gasteiger partial charge in [-0.15, -0.1) is 0 Å². The van der Waals surface area contributed by atoms with Gasteiger partial charge in [0.05, 0.1) is 5.69 Å². The fourth-order valence-corrected chi connectivity index (χ4v) is 4.69. The highest BCUT2D eigenvalue weighted by molar-refractivity contribution is 9.10. The molecule has 0 radical (unpaired) electrons.